The van der Waals surface area contributed by atoms with Crippen molar-refractivity contribution in [1.82, 2.24) is 5.32 Å². The zero-order chi connectivity index (χ0) is 15.3. The normalized spacial score (nSPS) is 16.0. The Labute approximate surface area is 122 Å². The minimum absolute atomic E-state index is 0.0830. The average molecular weight is 287 g/mol. The Morgan fingerprint density at radius 2 is 1.95 bits per heavy atom. The Balaban J connectivity index is 2.06. The summed E-state index contributed by atoms with van der Waals surface area (Å²) < 4.78 is 0. The van der Waals surface area contributed by atoms with Gasteiger partial charge in [-0.25, -0.2) is 4.79 Å². The molecule has 1 aromatic rings. The molecule has 2 amide bonds. The number of hydrogen-bond acceptors (Lipinski definition) is 3. The third-order valence-corrected chi connectivity index (χ3v) is 3.72. The van der Waals surface area contributed by atoms with Crippen molar-refractivity contribution in [3.05, 3.63) is 29.8 Å². The highest BCUT2D eigenvalue weighted by Gasteiger charge is 2.37. The van der Waals surface area contributed by atoms with Gasteiger partial charge in [-0.1, -0.05) is 25.0 Å². The highest BCUT2D eigenvalue weighted by Crippen LogP contribution is 2.32. The monoisotopic (exact) mass is 287 g/mol. The first-order valence-electron chi connectivity index (χ1n) is 6.85. The number of benzene rings is 1. The van der Waals surface area contributed by atoms with Gasteiger partial charge in [0, 0.05) is 0 Å². The summed E-state index contributed by atoms with van der Waals surface area (Å²) in [4.78, 5) is 23.1. The molecule has 0 unspecified atom stereocenters. The van der Waals surface area contributed by atoms with Gasteiger partial charge in [0.2, 0.25) is 0 Å². The van der Waals surface area contributed by atoms with Crippen LogP contribution in [0.1, 0.15) is 37.7 Å². The lowest BCUT2D eigenvalue weighted by atomic mass is 9.93. The maximum Gasteiger partial charge on any atom is 0.319 e. The Morgan fingerprint density at radius 1 is 1.29 bits per heavy atom. The second-order valence-electron chi connectivity index (χ2n) is 5.29. The van der Waals surface area contributed by atoms with Crippen molar-refractivity contribution < 1.29 is 14.7 Å². The van der Waals surface area contributed by atoms with E-state index in [1.807, 2.05) is 6.07 Å². The fraction of sp³-hybridized carbons (Fsp3) is 0.400. The number of hydrogen-bond donors (Lipinski definition) is 3. The third kappa shape index (κ3) is 3.72. The van der Waals surface area contributed by atoms with Crippen LogP contribution in [-0.4, -0.2) is 22.6 Å². The van der Waals surface area contributed by atoms with Gasteiger partial charge in [-0.05, 0) is 25.0 Å². The minimum atomic E-state index is -0.922. The largest absolute Gasteiger partial charge is 0.481 e. The van der Waals surface area contributed by atoms with Crippen molar-refractivity contribution in [3.8, 4) is 6.07 Å². The van der Waals surface area contributed by atoms with Crippen molar-refractivity contribution in [2.24, 2.45) is 0 Å². The number of carboxylic acids is 1. The van der Waals surface area contributed by atoms with Crippen molar-refractivity contribution in [1.29, 1.82) is 5.26 Å². The molecule has 1 saturated carbocycles. The molecule has 6 nitrogen and oxygen atoms in total. The van der Waals surface area contributed by atoms with Crippen LogP contribution < -0.4 is 10.6 Å². The quantitative estimate of drug-likeness (QED) is 0.791. The fourth-order valence-corrected chi connectivity index (χ4v) is 2.77. The molecule has 0 atom stereocenters. The van der Waals surface area contributed by atoms with Crippen molar-refractivity contribution in [2.45, 2.75) is 37.6 Å². The number of nitrogens with one attached hydrogen (secondary N) is 2. The van der Waals surface area contributed by atoms with Gasteiger partial charge in [0.1, 0.15) is 6.07 Å². The lowest BCUT2D eigenvalue weighted by molar-refractivity contribution is -0.138. The Hall–Kier alpha value is -2.55. The number of amides is 2. The van der Waals surface area contributed by atoms with Crippen LogP contribution in [0.15, 0.2) is 24.3 Å². The molecule has 1 aromatic carbocycles. The molecule has 1 aliphatic rings. The van der Waals surface area contributed by atoms with Crippen molar-refractivity contribution in [2.75, 3.05) is 5.32 Å². The standard InChI is InChI=1S/C15H17N3O3/c16-10-11-5-1-2-6-12(11)17-14(21)18-15(9-13(19)20)7-3-4-8-15/h1-2,5-6H,3-4,7-9H2,(H,19,20)(H2,17,18,21). The van der Waals surface area contributed by atoms with Gasteiger partial charge in [0.15, 0.2) is 0 Å². The molecule has 110 valence electrons. The SMILES string of the molecule is N#Cc1ccccc1NC(=O)NC1(CC(=O)O)CCCC1. The van der Waals surface area contributed by atoms with E-state index in [2.05, 4.69) is 10.6 Å². The molecule has 0 spiro atoms. The highest BCUT2D eigenvalue weighted by atomic mass is 16.4. The number of carboxylic acid groups (broad SMARTS) is 1. The smallest absolute Gasteiger partial charge is 0.319 e. The second kappa shape index (κ2) is 6.27. The molecule has 0 heterocycles. The van der Waals surface area contributed by atoms with Crippen LogP contribution in [0.2, 0.25) is 0 Å². The van der Waals surface area contributed by atoms with Crippen LogP contribution in [0.3, 0.4) is 0 Å². The predicted octanol–water partition coefficient (Wildman–Crippen LogP) is 2.47. The first-order chi connectivity index (χ1) is 10.0. The Bertz CT molecular complexity index is 586. The average Bonchev–Trinajstić information content (AvgIpc) is 2.86. The van der Waals surface area contributed by atoms with E-state index in [1.165, 1.54) is 0 Å². The first-order valence-corrected chi connectivity index (χ1v) is 6.85. The van der Waals surface area contributed by atoms with Crippen LogP contribution in [0, 0.1) is 11.3 Å². The van der Waals surface area contributed by atoms with Gasteiger partial charge in [0.25, 0.3) is 0 Å². The molecule has 1 aliphatic carbocycles. The molecule has 0 aliphatic heterocycles. The predicted molar refractivity (Wildman–Crippen MR) is 76.8 cm³/mol. The van der Waals surface area contributed by atoms with E-state index < -0.39 is 17.5 Å². The summed E-state index contributed by atoms with van der Waals surface area (Å²) in [6, 6.07) is 8.21. The number of carbonyl (C=O) groups is 2. The lowest BCUT2D eigenvalue weighted by Gasteiger charge is -2.28. The lowest BCUT2D eigenvalue weighted by Crippen LogP contribution is -2.49. The number of urea groups is 1. The Morgan fingerprint density at radius 3 is 2.57 bits per heavy atom. The maximum absolute atomic E-state index is 12.1. The van der Waals surface area contributed by atoms with Crippen molar-refractivity contribution in [3.63, 3.8) is 0 Å². The van der Waals surface area contributed by atoms with E-state index in [0.29, 0.717) is 24.1 Å². The van der Waals surface area contributed by atoms with E-state index in [9.17, 15) is 9.59 Å². The number of nitrogens with zero attached hydrogens (tertiary/aromatic N) is 1. The molecule has 21 heavy (non-hydrogen) atoms. The van der Waals surface area contributed by atoms with Gasteiger partial charge in [0.05, 0.1) is 23.2 Å². The summed E-state index contributed by atoms with van der Waals surface area (Å²) in [5.74, 6) is -0.922. The second-order valence-corrected chi connectivity index (χ2v) is 5.29. The molecule has 0 radical (unpaired) electrons. The number of rotatable bonds is 4. The molecule has 3 N–H and O–H groups in total. The van der Waals surface area contributed by atoms with Gasteiger partial charge in [-0.15, -0.1) is 0 Å². The highest BCUT2D eigenvalue weighted by molar-refractivity contribution is 5.91. The van der Waals surface area contributed by atoms with Gasteiger partial charge >= 0.3 is 12.0 Å². The molecule has 6 heteroatoms. The molecule has 2 rings (SSSR count). The summed E-state index contributed by atoms with van der Waals surface area (Å²) in [6.45, 7) is 0. The van der Waals surface area contributed by atoms with Gasteiger partial charge < -0.3 is 15.7 Å². The topological polar surface area (TPSA) is 102 Å². The number of nitriles is 1. The molecule has 1 fully saturated rings. The number of aliphatic carboxylic acids is 1. The third-order valence-electron chi connectivity index (χ3n) is 3.72. The van der Waals surface area contributed by atoms with Gasteiger partial charge in [-0.3, -0.25) is 4.79 Å². The molecule has 0 aromatic heterocycles. The van der Waals surface area contributed by atoms with Crippen molar-refractivity contribution >= 4 is 17.7 Å². The summed E-state index contributed by atoms with van der Waals surface area (Å²) in [6.07, 6.45) is 3.05. The fourth-order valence-electron chi connectivity index (χ4n) is 2.77. The van der Waals surface area contributed by atoms with E-state index in [1.54, 1.807) is 24.3 Å². The van der Waals surface area contributed by atoms with Gasteiger partial charge in [-0.2, -0.15) is 5.26 Å². The van der Waals surface area contributed by atoms with E-state index in [4.69, 9.17) is 10.4 Å². The molecular weight excluding hydrogens is 270 g/mol. The zero-order valence-electron chi connectivity index (χ0n) is 11.6. The minimum Gasteiger partial charge on any atom is -0.481 e. The van der Waals surface area contributed by atoms with Crippen LogP contribution >= 0.6 is 0 Å². The van der Waals surface area contributed by atoms with Crippen LogP contribution in [0.5, 0.6) is 0 Å². The number of para-hydroxylation sites is 1. The van der Waals surface area contributed by atoms with Crippen LogP contribution in [0.4, 0.5) is 10.5 Å². The van der Waals surface area contributed by atoms with E-state index >= 15 is 0 Å². The van der Waals surface area contributed by atoms with E-state index in [0.717, 1.165) is 12.8 Å². The summed E-state index contributed by atoms with van der Waals surface area (Å²) >= 11 is 0. The maximum atomic E-state index is 12.1. The summed E-state index contributed by atoms with van der Waals surface area (Å²) in [7, 11) is 0. The number of anilines is 1. The van der Waals surface area contributed by atoms with Crippen LogP contribution in [0.25, 0.3) is 0 Å². The summed E-state index contributed by atoms with van der Waals surface area (Å²) in [5.41, 5.74) is 0.102. The zero-order valence-corrected chi connectivity index (χ0v) is 11.6. The van der Waals surface area contributed by atoms with E-state index in [-0.39, 0.29) is 6.42 Å². The van der Waals surface area contributed by atoms with Crippen LogP contribution in [-0.2, 0) is 4.79 Å². The molecular formula is C15H17N3O3. The molecule has 0 bridgehead atoms. The number of carbonyl (C=O) groups excluding carboxylic acids is 1. The summed E-state index contributed by atoms with van der Waals surface area (Å²) in [5, 5.41) is 23.4. The Kier molecular flexibility index (Phi) is 4.43. The first kappa shape index (κ1) is 14.9. The molecule has 0 saturated heterocycles.